The predicted molar refractivity (Wildman–Crippen MR) is 160 cm³/mol. The lowest BCUT2D eigenvalue weighted by Gasteiger charge is -2.26. The van der Waals surface area contributed by atoms with Gasteiger partial charge < -0.3 is 19.4 Å². The average Bonchev–Trinajstić information content (AvgIpc) is 3.55. The molecule has 0 aliphatic carbocycles. The molecule has 8 heteroatoms. The van der Waals surface area contributed by atoms with Crippen molar-refractivity contribution >= 4 is 46.2 Å². The number of furan rings is 1. The molecule has 1 fully saturated rings. The average molecular weight is 573 g/mol. The van der Waals surface area contributed by atoms with Crippen LogP contribution >= 0.6 is 35.4 Å². The van der Waals surface area contributed by atoms with Crippen LogP contribution in [0.4, 0.5) is 5.69 Å². The van der Waals surface area contributed by atoms with Crippen LogP contribution in [0.25, 0.3) is 11.3 Å². The maximum atomic E-state index is 6.48. The van der Waals surface area contributed by atoms with Gasteiger partial charge in [-0.25, -0.2) is 0 Å². The Labute approximate surface area is 242 Å². The highest BCUT2D eigenvalue weighted by molar-refractivity contribution is 7.80. The van der Waals surface area contributed by atoms with Crippen molar-refractivity contribution in [3.63, 3.8) is 0 Å². The third kappa shape index (κ3) is 5.23. The van der Waals surface area contributed by atoms with Gasteiger partial charge in [-0.3, -0.25) is 4.98 Å². The summed E-state index contributed by atoms with van der Waals surface area (Å²) >= 11 is 18.4. The van der Waals surface area contributed by atoms with E-state index < -0.39 is 0 Å². The summed E-state index contributed by atoms with van der Waals surface area (Å²) in [6.45, 7) is 2.05. The fraction of sp³-hybridized carbons (Fsp3) is 0.0968. The van der Waals surface area contributed by atoms with E-state index in [2.05, 4.69) is 15.2 Å². The van der Waals surface area contributed by atoms with E-state index in [1.54, 1.807) is 18.3 Å². The number of aromatic nitrogens is 1. The van der Waals surface area contributed by atoms with Crippen LogP contribution < -0.4 is 15.0 Å². The summed E-state index contributed by atoms with van der Waals surface area (Å²) in [6.07, 6.45) is 1.78. The molecule has 0 spiro atoms. The van der Waals surface area contributed by atoms with Gasteiger partial charge in [0.15, 0.2) is 5.11 Å². The van der Waals surface area contributed by atoms with Gasteiger partial charge in [-0.05, 0) is 98.0 Å². The van der Waals surface area contributed by atoms with Gasteiger partial charge in [0.1, 0.15) is 29.1 Å². The molecule has 0 bridgehead atoms. The molecular formula is C31H23Cl2N3O2S. The Balaban J connectivity index is 1.35. The van der Waals surface area contributed by atoms with Gasteiger partial charge >= 0.3 is 0 Å². The maximum Gasteiger partial charge on any atom is 0.174 e. The molecule has 6 rings (SSSR count). The molecule has 5 nitrogen and oxygen atoms in total. The summed E-state index contributed by atoms with van der Waals surface area (Å²) in [4.78, 5) is 6.66. The molecule has 0 saturated carbocycles. The molecule has 2 atom stereocenters. The first-order chi connectivity index (χ1) is 19.0. The summed E-state index contributed by atoms with van der Waals surface area (Å²) in [5.74, 6) is 2.88. The van der Waals surface area contributed by atoms with Crippen LogP contribution in [0, 0.1) is 6.92 Å². The zero-order valence-corrected chi connectivity index (χ0v) is 23.2. The minimum absolute atomic E-state index is 0.234. The Morgan fingerprint density at radius 2 is 1.64 bits per heavy atom. The Hall–Kier alpha value is -3.84. The molecular weight excluding hydrogens is 549 g/mol. The standard InChI is InChI=1S/C31H23Cl2N3O2S/c1-19-5-10-22(11-6-19)37-23-12-8-21(9-13-23)36-30(29(35-31(36)39)26-4-2-3-17-34-26)28-16-15-27(38-28)24-14-7-20(32)18-25(24)33/h2-18,29-30H,1H3,(H,35,39)/t29-,30-/m0/s1. The normalized spacial score (nSPS) is 16.8. The van der Waals surface area contributed by atoms with Crippen molar-refractivity contribution in [2.75, 3.05) is 4.90 Å². The van der Waals surface area contributed by atoms with Gasteiger partial charge in [-0.1, -0.05) is 47.0 Å². The van der Waals surface area contributed by atoms with Gasteiger partial charge in [0.05, 0.1) is 16.8 Å². The van der Waals surface area contributed by atoms with Gasteiger partial charge in [0, 0.05) is 22.5 Å². The Morgan fingerprint density at radius 3 is 2.33 bits per heavy atom. The van der Waals surface area contributed by atoms with Crippen molar-refractivity contribution in [3.05, 3.63) is 130 Å². The smallest absolute Gasteiger partial charge is 0.174 e. The van der Waals surface area contributed by atoms with E-state index in [4.69, 9.17) is 44.6 Å². The lowest BCUT2D eigenvalue weighted by Crippen LogP contribution is -2.29. The first kappa shape index (κ1) is 25.4. The van der Waals surface area contributed by atoms with E-state index in [1.807, 2.05) is 91.9 Å². The van der Waals surface area contributed by atoms with Crippen LogP contribution in [0.15, 0.2) is 108 Å². The van der Waals surface area contributed by atoms with Crippen molar-refractivity contribution in [1.82, 2.24) is 10.3 Å². The first-order valence-electron chi connectivity index (χ1n) is 12.4. The van der Waals surface area contributed by atoms with Crippen LogP contribution in [0.5, 0.6) is 11.5 Å². The number of halogens is 2. The molecule has 194 valence electrons. The number of benzene rings is 3. The second-order valence-corrected chi connectivity index (χ2v) is 10.5. The summed E-state index contributed by atoms with van der Waals surface area (Å²) in [7, 11) is 0. The van der Waals surface area contributed by atoms with E-state index in [-0.39, 0.29) is 12.1 Å². The van der Waals surface area contributed by atoms with E-state index in [0.29, 0.717) is 20.9 Å². The summed E-state index contributed by atoms with van der Waals surface area (Å²) in [5.41, 5.74) is 3.70. The van der Waals surface area contributed by atoms with Crippen LogP contribution in [0.1, 0.15) is 29.1 Å². The largest absolute Gasteiger partial charge is 0.459 e. The summed E-state index contributed by atoms with van der Waals surface area (Å²) in [5, 5.41) is 5.12. The fourth-order valence-corrected chi connectivity index (χ4v) is 5.53. The Morgan fingerprint density at radius 1 is 0.897 bits per heavy atom. The minimum atomic E-state index is -0.295. The number of anilines is 1. The second kappa shape index (κ2) is 10.7. The van der Waals surface area contributed by atoms with Gasteiger partial charge in [0.2, 0.25) is 0 Å². The zero-order chi connectivity index (χ0) is 26.9. The second-order valence-electron chi connectivity index (χ2n) is 9.23. The SMILES string of the molecule is Cc1ccc(Oc2ccc(N3C(=S)N[C@@H](c4ccccn4)[C@@H]3c3ccc(-c4ccc(Cl)cc4Cl)o3)cc2)cc1. The molecule has 1 saturated heterocycles. The number of hydrogen-bond acceptors (Lipinski definition) is 4. The number of nitrogens with one attached hydrogen (secondary N) is 1. The third-order valence-electron chi connectivity index (χ3n) is 6.58. The molecule has 1 aliphatic heterocycles. The minimum Gasteiger partial charge on any atom is -0.459 e. The van der Waals surface area contributed by atoms with E-state index in [1.165, 1.54) is 5.56 Å². The predicted octanol–water partition coefficient (Wildman–Crippen LogP) is 8.93. The van der Waals surface area contributed by atoms with Crippen molar-refractivity contribution < 1.29 is 9.15 Å². The van der Waals surface area contributed by atoms with Gasteiger partial charge in [-0.2, -0.15) is 0 Å². The molecule has 0 amide bonds. The van der Waals surface area contributed by atoms with Gasteiger partial charge in [0.25, 0.3) is 0 Å². The molecule has 1 N–H and O–H groups in total. The number of rotatable bonds is 6. The molecule has 3 heterocycles. The molecule has 0 radical (unpaired) electrons. The lowest BCUT2D eigenvalue weighted by molar-refractivity contribution is 0.439. The van der Waals surface area contributed by atoms with E-state index in [9.17, 15) is 0 Å². The van der Waals surface area contributed by atoms with Crippen LogP contribution in [0.3, 0.4) is 0 Å². The van der Waals surface area contributed by atoms with Crippen molar-refractivity contribution in [2.45, 2.75) is 19.0 Å². The van der Waals surface area contributed by atoms with Crippen LogP contribution in [-0.2, 0) is 0 Å². The molecule has 39 heavy (non-hydrogen) atoms. The molecule has 1 aliphatic rings. The summed E-state index contributed by atoms with van der Waals surface area (Å²) < 4.78 is 12.5. The Bertz CT molecular complexity index is 1620. The third-order valence-corrected chi connectivity index (χ3v) is 7.45. The number of hydrogen-bond donors (Lipinski definition) is 1. The number of pyridine rings is 1. The highest BCUT2D eigenvalue weighted by atomic mass is 35.5. The van der Waals surface area contributed by atoms with Crippen molar-refractivity contribution in [2.24, 2.45) is 0 Å². The highest BCUT2D eigenvalue weighted by Crippen LogP contribution is 2.44. The molecule has 3 aromatic carbocycles. The first-order valence-corrected chi connectivity index (χ1v) is 13.5. The summed E-state index contributed by atoms with van der Waals surface area (Å²) in [6, 6.07) is 30.3. The van der Waals surface area contributed by atoms with Crippen molar-refractivity contribution in [1.29, 1.82) is 0 Å². The maximum absolute atomic E-state index is 6.48. The van der Waals surface area contributed by atoms with Gasteiger partial charge in [-0.15, -0.1) is 0 Å². The zero-order valence-electron chi connectivity index (χ0n) is 20.8. The number of ether oxygens (including phenoxy) is 1. The lowest BCUT2D eigenvalue weighted by atomic mass is 10.0. The quantitative estimate of drug-likeness (QED) is 0.205. The fourth-order valence-electron chi connectivity index (χ4n) is 4.68. The van der Waals surface area contributed by atoms with E-state index in [0.717, 1.165) is 34.2 Å². The highest BCUT2D eigenvalue weighted by Gasteiger charge is 2.42. The van der Waals surface area contributed by atoms with Crippen LogP contribution in [-0.4, -0.2) is 10.1 Å². The molecule has 0 unspecified atom stereocenters. The van der Waals surface area contributed by atoms with E-state index >= 15 is 0 Å². The molecule has 2 aromatic heterocycles. The topological polar surface area (TPSA) is 50.5 Å². The number of thiocarbonyl (C=S) groups is 1. The van der Waals surface area contributed by atoms with Crippen molar-refractivity contribution in [3.8, 4) is 22.8 Å². The van der Waals surface area contributed by atoms with Crippen LogP contribution in [0.2, 0.25) is 10.0 Å². The molecule has 5 aromatic rings. The number of nitrogens with zero attached hydrogens (tertiary/aromatic N) is 2. The monoisotopic (exact) mass is 571 g/mol. The number of aryl methyl sites for hydroxylation is 1. The Kier molecular flexibility index (Phi) is 7.00.